The molecule has 0 fully saturated rings. The van der Waals surface area contributed by atoms with E-state index in [0.717, 1.165) is 17.4 Å². The van der Waals surface area contributed by atoms with Gasteiger partial charge in [0.1, 0.15) is 5.82 Å². The standard InChI is InChI=1S/C21H22F2N2O5S/c1-5-30-7-6-25-18-14(23)10-13(22)11-17(18)31-21(25)24-20(26)12-8-15(27-2)19(29-4)16(9-12)28-3/h8-11H,5-7H2,1-4H3. The average Bonchev–Trinajstić information content (AvgIpc) is 3.09. The van der Waals surface area contributed by atoms with Gasteiger partial charge in [-0.2, -0.15) is 4.99 Å². The van der Waals surface area contributed by atoms with Crippen molar-refractivity contribution in [3.63, 3.8) is 0 Å². The van der Waals surface area contributed by atoms with Crippen LogP contribution in [0.5, 0.6) is 17.2 Å². The molecule has 0 aliphatic rings. The predicted octanol–water partition coefficient (Wildman–Crippen LogP) is 3.78. The lowest BCUT2D eigenvalue weighted by Crippen LogP contribution is -2.20. The van der Waals surface area contributed by atoms with E-state index in [2.05, 4.69) is 4.99 Å². The summed E-state index contributed by atoms with van der Waals surface area (Å²) in [5.41, 5.74) is 0.359. The lowest BCUT2D eigenvalue weighted by molar-refractivity contribution is 0.0995. The second-order valence-corrected chi connectivity index (χ2v) is 7.31. The number of nitrogens with zero attached hydrogens (tertiary/aromatic N) is 2. The molecule has 0 unspecified atom stereocenters. The van der Waals surface area contributed by atoms with Crippen molar-refractivity contribution < 1.29 is 32.5 Å². The maximum Gasteiger partial charge on any atom is 0.279 e. The Hall–Kier alpha value is -2.98. The van der Waals surface area contributed by atoms with Crippen molar-refractivity contribution in [3.8, 4) is 17.2 Å². The van der Waals surface area contributed by atoms with Gasteiger partial charge in [0.05, 0.1) is 38.2 Å². The molecule has 0 N–H and O–H groups in total. The summed E-state index contributed by atoms with van der Waals surface area (Å²) in [6.45, 7) is 2.85. The number of carbonyl (C=O) groups excluding carboxylic acids is 1. The molecule has 0 atom stereocenters. The van der Waals surface area contributed by atoms with Crippen LogP contribution in [0.4, 0.5) is 8.78 Å². The van der Waals surface area contributed by atoms with E-state index in [1.165, 1.54) is 44.1 Å². The van der Waals surface area contributed by atoms with E-state index in [-0.39, 0.29) is 29.0 Å². The first-order chi connectivity index (χ1) is 14.9. The highest BCUT2D eigenvalue weighted by molar-refractivity contribution is 7.16. The van der Waals surface area contributed by atoms with Gasteiger partial charge in [0, 0.05) is 24.8 Å². The Balaban J connectivity index is 2.14. The van der Waals surface area contributed by atoms with E-state index in [1.54, 1.807) is 0 Å². The van der Waals surface area contributed by atoms with Crippen LogP contribution >= 0.6 is 11.3 Å². The maximum atomic E-state index is 14.5. The highest BCUT2D eigenvalue weighted by Gasteiger charge is 2.18. The van der Waals surface area contributed by atoms with Gasteiger partial charge in [0.2, 0.25) is 5.75 Å². The van der Waals surface area contributed by atoms with E-state index in [4.69, 9.17) is 18.9 Å². The van der Waals surface area contributed by atoms with Crippen molar-refractivity contribution in [2.45, 2.75) is 13.5 Å². The van der Waals surface area contributed by atoms with Crippen molar-refractivity contribution in [2.75, 3.05) is 34.5 Å². The van der Waals surface area contributed by atoms with E-state index < -0.39 is 17.5 Å². The molecule has 2 aromatic carbocycles. The van der Waals surface area contributed by atoms with Gasteiger partial charge in [-0.1, -0.05) is 11.3 Å². The number of carbonyl (C=O) groups is 1. The number of aromatic nitrogens is 1. The Labute approximate surface area is 181 Å². The summed E-state index contributed by atoms with van der Waals surface area (Å²) < 4.78 is 51.2. The molecule has 31 heavy (non-hydrogen) atoms. The van der Waals surface area contributed by atoms with E-state index in [0.29, 0.717) is 28.6 Å². The average molecular weight is 452 g/mol. The number of thiazole rings is 1. The largest absolute Gasteiger partial charge is 0.493 e. The lowest BCUT2D eigenvalue weighted by atomic mass is 10.1. The molecule has 3 aromatic rings. The first kappa shape index (κ1) is 22.7. The zero-order valence-corrected chi connectivity index (χ0v) is 18.3. The van der Waals surface area contributed by atoms with Crippen LogP contribution in [0.2, 0.25) is 0 Å². The van der Waals surface area contributed by atoms with Gasteiger partial charge in [0.15, 0.2) is 22.1 Å². The number of hydrogen-bond acceptors (Lipinski definition) is 6. The summed E-state index contributed by atoms with van der Waals surface area (Å²) in [4.78, 5) is 17.3. The molecule has 1 amide bonds. The smallest absolute Gasteiger partial charge is 0.279 e. The third-order valence-electron chi connectivity index (χ3n) is 4.47. The number of halogens is 2. The number of benzene rings is 2. The molecular formula is C21H22F2N2O5S. The van der Waals surface area contributed by atoms with Crippen LogP contribution in [0, 0.1) is 11.6 Å². The van der Waals surface area contributed by atoms with Gasteiger partial charge in [-0.3, -0.25) is 4.79 Å². The molecule has 0 saturated carbocycles. The zero-order valence-electron chi connectivity index (χ0n) is 17.5. The number of methoxy groups -OCH3 is 3. The van der Waals surface area contributed by atoms with Crippen LogP contribution in [0.1, 0.15) is 17.3 Å². The summed E-state index contributed by atoms with van der Waals surface area (Å²) in [7, 11) is 4.33. The molecule has 0 aliphatic carbocycles. The Kier molecular flexibility index (Phi) is 7.24. The fourth-order valence-corrected chi connectivity index (χ4v) is 4.17. The molecule has 0 bridgehead atoms. The first-order valence-electron chi connectivity index (χ1n) is 9.38. The summed E-state index contributed by atoms with van der Waals surface area (Å²) >= 11 is 1.01. The SMILES string of the molecule is CCOCCn1c(=NC(=O)c2cc(OC)c(OC)c(OC)c2)sc2cc(F)cc(F)c21. The molecule has 0 radical (unpaired) electrons. The van der Waals surface area contributed by atoms with Crippen LogP contribution in [0.3, 0.4) is 0 Å². The minimum Gasteiger partial charge on any atom is -0.493 e. The van der Waals surface area contributed by atoms with Gasteiger partial charge in [-0.15, -0.1) is 0 Å². The van der Waals surface area contributed by atoms with Gasteiger partial charge in [-0.25, -0.2) is 8.78 Å². The van der Waals surface area contributed by atoms with Crippen LogP contribution in [0.25, 0.3) is 10.2 Å². The van der Waals surface area contributed by atoms with E-state index >= 15 is 0 Å². The topological polar surface area (TPSA) is 71.3 Å². The quantitative estimate of drug-likeness (QED) is 0.487. The normalized spacial score (nSPS) is 11.7. The molecule has 7 nitrogen and oxygen atoms in total. The minimum absolute atomic E-state index is 0.169. The molecule has 0 aliphatic heterocycles. The second kappa shape index (κ2) is 9.88. The predicted molar refractivity (Wildman–Crippen MR) is 112 cm³/mol. The maximum absolute atomic E-state index is 14.5. The van der Waals surface area contributed by atoms with E-state index in [1.807, 2.05) is 6.92 Å². The fourth-order valence-electron chi connectivity index (χ4n) is 3.08. The molecule has 0 saturated heterocycles. The molecular weight excluding hydrogens is 430 g/mol. The van der Waals surface area contributed by atoms with Crippen molar-refractivity contribution in [1.82, 2.24) is 4.57 Å². The van der Waals surface area contributed by atoms with Crippen LogP contribution in [0.15, 0.2) is 29.3 Å². The zero-order chi connectivity index (χ0) is 22.5. The summed E-state index contributed by atoms with van der Waals surface area (Å²) in [6, 6.07) is 4.97. The molecule has 166 valence electrons. The molecule has 3 rings (SSSR count). The van der Waals surface area contributed by atoms with Crippen molar-refractivity contribution >= 4 is 27.5 Å². The molecule has 1 aromatic heterocycles. The number of rotatable bonds is 8. The third kappa shape index (κ3) is 4.70. The summed E-state index contributed by atoms with van der Waals surface area (Å²) in [5.74, 6) is -1.09. The van der Waals surface area contributed by atoms with Crippen LogP contribution in [-0.2, 0) is 11.3 Å². The summed E-state index contributed by atoms with van der Waals surface area (Å²) in [6.07, 6.45) is 0. The number of fused-ring (bicyclic) bond motifs is 1. The first-order valence-corrected chi connectivity index (χ1v) is 10.2. The second-order valence-electron chi connectivity index (χ2n) is 6.30. The highest BCUT2D eigenvalue weighted by Crippen LogP contribution is 2.38. The van der Waals surface area contributed by atoms with Gasteiger partial charge < -0.3 is 23.5 Å². The number of ether oxygens (including phenoxy) is 4. The lowest BCUT2D eigenvalue weighted by Gasteiger charge is -2.12. The van der Waals surface area contributed by atoms with Crippen LogP contribution < -0.4 is 19.0 Å². The third-order valence-corrected chi connectivity index (χ3v) is 5.49. The van der Waals surface area contributed by atoms with Crippen molar-refractivity contribution in [1.29, 1.82) is 0 Å². The monoisotopic (exact) mass is 452 g/mol. The minimum atomic E-state index is -0.732. The van der Waals surface area contributed by atoms with E-state index in [9.17, 15) is 13.6 Å². The Morgan fingerprint density at radius 2 is 1.74 bits per heavy atom. The fraction of sp³-hybridized carbons (Fsp3) is 0.333. The Bertz CT molecular complexity index is 1150. The summed E-state index contributed by atoms with van der Waals surface area (Å²) in [5, 5.41) is 0. The van der Waals surface area contributed by atoms with Crippen molar-refractivity contribution in [2.24, 2.45) is 4.99 Å². The molecule has 1 heterocycles. The number of amides is 1. The highest BCUT2D eigenvalue weighted by atomic mass is 32.1. The Morgan fingerprint density at radius 3 is 2.32 bits per heavy atom. The van der Waals surface area contributed by atoms with Crippen LogP contribution in [-0.4, -0.2) is 45.0 Å². The van der Waals surface area contributed by atoms with Gasteiger partial charge >= 0.3 is 0 Å². The van der Waals surface area contributed by atoms with Gasteiger partial charge in [0.25, 0.3) is 5.91 Å². The molecule has 0 spiro atoms. The Morgan fingerprint density at radius 1 is 1.06 bits per heavy atom. The van der Waals surface area contributed by atoms with Gasteiger partial charge in [-0.05, 0) is 25.1 Å². The van der Waals surface area contributed by atoms with Crippen molar-refractivity contribution in [3.05, 3.63) is 46.3 Å². The molecule has 10 heteroatoms. The number of hydrogen-bond donors (Lipinski definition) is 0.